The van der Waals surface area contributed by atoms with E-state index in [9.17, 15) is 9.59 Å². The van der Waals surface area contributed by atoms with Crippen LogP contribution in [-0.4, -0.2) is 16.7 Å². The van der Waals surface area contributed by atoms with Crippen LogP contribution < -0.4 is 10.9 Å². The van der Waals surface area contributed by atoms with Crippen LogP contribution in [0.2, 0.25) is 0 Å². The lowest BCUT2D eigenvalue weighted by molar-refractivity contribution is 0.0939. The highest BCUT2D eigenvalue weighted by Gasteiger charge is 2.02. The fraction of sp³-hybridized carbons (Fsp3) is 0. The Morgan fingerprint density at radius 2 is 1.65 bits per heavy atom. The van der Waals surface area contributed by atoms with Crippen LogP contribution in [0.15, 0.2) is 67.1 Å². The van der Waals surface area contributed by atoms with Crippen molar-refractivity contribution < 1.29 is 9.59 Å². The molecule has 0 unspecified atom stereocenters. The number of rotatable bonds is 5. The number of nitrogens with one attached hydrogen (secondary N) is 2. The molecule has 0 aliphatic heterocycles. The number of pyridine rings is 1. The smallest absolute Gasteiger partial charge is 0.269 e. The molecule has 100 valence electrons. The summed E-state index contributed by atoms with van der Waals surface area (Å²) in [5, 5.41) is 0. The highest BCUT2D eigenvalue weighted by Crippen LogP contribution is 2.00. The summed E-state index contributed by atoms with van der Waals surface area (Å²) >= 11 is 0. The molecule has 20 heavy (non-hydrogen) atoms. The molecule has 1 aromatic carbocycles. The molecule has 2 rings (SSSR count). The SMILES string of the molecule is O=C(C=CNNC(=O)c1ccncc1)c1ccccc1. The van der Waals surface area contributed by atoms with Crippen molar-refractivity contribution in [3.8, 4) is 0 Å². The van der Waals surface area contributed by atoms with Gasteiger partial charge in [-0.1, -0.05) is 30.3 Å². The number of ketones is 1. The summed E-state index contributed by atoms with van der Waals surface area (Å²) in [5.74, 6) is -0.444. The Morgan fingerprint density at radius 3 is 2.35 bits per heavy atom. The van der Waals surface area contributed by atoms with Crippen LogP contribution in [0.1, 0.15) is 20.7 Å². The number of hydrogen-bond donors (Lipinski definition) is 2. The first-order chi connectivity index (χ1) is 9.77. The number of benzene rings is 1. The molecule has 0 aliphatic carbocycles. The zero-order chi connectivity index (χ0) is 14.2. The molecular weight excluding hydrogens is 254 g/mol. The number of carbonyl (C=O) groups excluding carboxylic acids is 2. The maximum absolute atomic E-state index is 11.7. The van der Waals surface area contributed by atoms with Gasteiger partial charge in [0.05, 0.1) is 0 Å². The van der Waals surface area contributed by atoms with Gasteiger partial charge in [0.1, 0.15) is 0 Å². The van der Waals surface area contributed by atoms with Gasteiger partial charge >= 0.3 is 0 Å². The third kappa shape index (κ3) is 3.78. The van der Waals surface area contributed by atoms with Crippen LogP contribution in [0.4, 0.5) is 0 Å². The minimum Gasteiger partial charge on any atom is -0.305 e. The number of allylic oxidation sites excluding steroid dienone is 1. The molecule has 0 aliphatic rings. The largest absolute Gasteiger partial charge is 0.305 e. The monoisotopic (exact) mass is 267 g/mol. The quantitative estimate of drug-likeness (QED) is 0.491. The second-order valence-corrected chi connectivity index (χ2v) is 3.90. The molecule has 0 saturated carbocycles. The summed E-state index contributed by atoms with van der Waals surface area (Å²) < 4.78 is 0. The van der Waals surface area contributed by atoms with Gasteiger partial charge in [-0.15, -0.1) is 0 Å². The molecule has 0 radical (unpaired) electrons. The Kier molecular flexibility index (Phi) is 4.61. The van der Waals surface area contributed by atoms with Gasteiger partial charge < -0.3 is 5.43 Å². The first kappa shape index (κ1) is 13.5. The molecule has 0 spiro atoms. The van der Waals surface area contributed by atoms with Gasteiger partial charge in [0.15, 0.2) is 5.78 Å². The normalized spacial score (nSPS) is 10.2. The first-order valence-electron chi connectivity index (χ1n) is 5.99. The van der Waals surface area contributed by atoms with Crippen LogP contribution in [0, 0.1) is 0 Å². The van der Waals surface area contributed by atoms with Crippen molar-refractivity contribution in [2.24, 2.45) is 0 Å². The van der Waals surface area contributed by atoms with Gasteiger partial charge in [0.2, 0.25) is 0 Å². The molecule has 0 atom stereocenters. The van der Waals surface area contributed by atoms with Crippen molar-refractivity contribution in [1.82, 2.24) is 15.8 Å². The molecule has 0 bridgehead atoms. The molecule has 2 N–H and O–H groups in total. The third-order valence-electron chi connectivity index (χ3n) is 2.50. The molecule has 0 fully saturated rings. The van der Waals surface area contributed by atoms with Crippen molar-refractivity contribution in [3.63, 3.8) is 0 Å². The molecule has 0 saturated heterocycles. The molecular formula is C15H13N3O2. The van der Waals surface area contributed by atoms with Crippen LogP contribution in [-0.2, 0) is 0 Å². The zero-order valence-corrected chi connectivity index (χ0v) is 10.6. The van der Waals surface area contributed by atoms with E-state index in [1.165, 1.54) is 24.7 Å². The van der Waals surface area contributed by atoms with Crippen molar-refractivity contribution in [3.05, 3.63) is 78.3 Å². The topological polar surface area (TPSA) is 71.1 Å². The maximum Gasteiger partial charge on any atom is 0.269 e. The van der Waals surface area contributed by atoms with Gasteiger partial charge in [0, 0.05) is 35.8 Å². The van der Waals surface area contributed by atoms with Crippen molar-refractivity contribution in [2.45, 2.75) is 0 Å². The maximum atomic E-state index is 11.7. The standard InChI is InChI=1S/C15H13N3O2/c19-14(12-4-2-1-3-5-12)8-11-17-18-15(20)13-6-9-16-10-7-13/h1-11,17H,(H,18,20). The van der Waals surface area contributed by atoms with Crippen molar-refractivity contribution in [1.29, 1.82) is 0 Å². The average Bonchev–Trinajstić information content (AvgIpc) is 2.53. The van der Waals surface area contributed by atoms with E-state index in [1.54, 1.807) is 36.4 Å². The average molecular weight is 267 g/mol. The Hall–Kier alpha value is -2.95. The van der Waals surface area contributed by atoms with Crippen LogP contribution in [0.5, 0.6) is 0 Å². The van der Waals surface area contributed by atoms with Gasteiger partial charge in [-0.2, -0.15) is 0 Å². The lowest BCUT2D eigenvalue weighted by Crippen LogP contribution is -2.33. The number of aromatic nitrogens is 1. The highest BCUT2D eigenvalue weighted by atomic mass is 16.2. The Labute approximate surface area is 116 Å². The number of hydrazine groups is 1. The lowest BCUT2D eigenvalue weighted by Gasteiger charge is -2.03. The van der Waals surface area contributed by atoms with E-state index in [0.29, 0.717) is 11.1 Å². The van der Waals surface area contributed by atoms with E-state index in [4.69, 9.17) is 0 Å². The van der Waals surface area contributed by atoms with Gasteiger partial charge in [-0.05, 0) is 12.1 Å². The third-order valence-corrected chi connectivity index (χ3v) is 2.50. The van der Waals surface area contributed by atoms with Crippen LogP contribution in [0.25, 0.3) is 0 Å². The Balaban J connectivity index is 1.83. The van der Waals surface area contributed by atoms with Gasteiger partial charge in [-0.3, -0.25) is 20.0 Å². The zero-order valence-electron chi connectivity index (χ0n) is 10.6. The van der Waals surface area contributed by atoms with Crippen molar-refractivity contribution in [2.75, 3.05) is 0 Å². The molecule has 1 amide bonds. The van der Waals surface area contributed by atoms with Gasteiger partial charge in [-0.25, -0.2) is 0 Å². The predicted molar refractivity (Wildman–Crippen MR) is 74.8 cm³/mol. The summed E-state index contributed by atoms with van der Waals surface area (Å²) in [6.45, 7) is 0. The molecule has 5 nitrogen and oxygen atoms in total. The Morgan fingerprint density at radius 1 is 0.950 bits per heavy atom. The van der Waals surface area contributed by atoms with E-state index in [2.05, 4.69) is 15.8 Å². The lowest BCUT2D eigenvalue weighted by atomic mass is 10.1. The molecule has 1 aromatic heterocycles. The van der Waals surface area contributed by atoms with E-state index in [0.717, 1.165) is 0 Å². The van der Waals surface area contributed by atoms with E-state index in [1.807, 2.05) is 6.07 Å². The van der Waals surface area contributed by atoms with E-state index < -0.39 is 0 Å². The summed E-state index contributed by atoms with van der Waals surface area (Å²) in [4.78, 5) is 27.2. The second kappa shape index (κ2) is 6.84. The fourth-order valence-electron chi connectivity index (χ4n) is 1.50. The summed E-state index contributed by atoms with van der Waals surface area (Å²) in [7, 11) is 0. The van der Waals surface area contributed by atoms with E-state index in [-0.39, 0.29) is 11.7 Å². The first-order valence-corrected chi connectivity index (χ1v) is 5.99. The molecule has 5 heteroatoms. The number of nitrogens with zero attached hydrogens (tertiary/aromatic N) is 1. The van der Waals surface area contributed by atoms with E-state index >= 15 is 0 Å². The minimum atomic E-state index is -0.302. The van der Waals surface area contributed by atoms with Crippen molar-refractivity contribution >= 4 is 11.7 Å². The summed E-state index contributed by atoms with van der Waals surface area (Å²) in [6.07, 6.45) is 5.80. The fourth-order valence-corrected chi connectivity index (χ4v) is 1.50. The predicted octanol–water partition coefficient (Wildman–Crippen LogP) is 1.71. The molecule has 1 heterocycles. The highest BCUT2D eigenvalue weighted by molar-refractivity contribution is 6.04. The van der Waals surface area contributed by atoms with Crippen LogP contribution >= 0.6 is 0 Å². The van der Waals surface area contributed by atoms with Crippen LogP contribution in [0.3, 0.4) is 0 Å². The molecule has 2 aromatic rings. The number of hydrogen-bond acceptors (Lipinski definition) is 4. The minimum absolute atomic E-state index is 0.142. The summed E-state index contributed by atoms with van der Waals surface area (Å²) in [6, 6.07) is 12.1. The second-order valence-electron chi connectivity index (χ2n) is 3.90. The number of carbonyl (C=O) groups is 2. The Bertz CT molecular complexity index is 610. The summed E-state index contributed by atoms with van der Waals surface area (Å²) in [5.41, 5.74) is 6.08. The van der Waals surface area contributed by atoms with Gasteiger partial charge in [0.25, 0.3) is 5.91 Å². The number of amides is 1.